The number of anilines is 2. The predicted octanol–water partition coefficient (Wildman–Crippen LogP) is 4.05. The molecule has 0 fully saturated rings. The minimum absolute atomic E-state index is 0.160. The Balaban J connectivity index is 1.90. The molecule has 0 radical (unpaired) electrons. The van der Waals surface area contributed by atoms with E-state index in [1.54, 1.807) is 0 Å². The minimum Gasteiger partial charge on any atom is -0.505 e. The number of nitrogen functional groups attached to an aromatic ring is 1. The zero-order chi connectivity index (χ0) is 14.8. The number of nitrogens with one attached hydrogen (secondary N) is 1. The first-order valence-corrected chi connectivity index (χ1v) is 6.95. The summed E-state index contributed by atoms with van der Waals surface area (Å²) in [5, 5.41) is 15.5. The fourth-order valence-electron chi connectivity index (χ4n) is 2.43. The van der Waals surface area contributed by atoms with Gasteiger partial charge < -0.3 is 16.2 Å². The van der Waals surface area contributed by atoms with Crippen LogP contribution in [0.15, 0.2) is 54.6 Å². The lowest BCUT2D eigenvalue weighted by Crippen LogP contribution is -2.01. The van der Waals surface area contributed by atoms with Crippen molar-refractivity contribution in [1.29, 1.82) is 0 Å². The van der Waals surface area contributed by atoms with Gasteiger partial charge in [0, 0.05) is 23.2 Å². The topological polar surface area (TPSA) is 58.3 Å². The Labute approximate surface area is 124 Å². The van der Waals surface area contributed by atoms with Gasteiger partial charge in [-0.05, 0) is 30.5 Å². The molecule has 3 heteroatoms. The number of aryl methyl sites for hydroxylation is 1. The van der Waals surface area contributed by atoms with E-state index in [4.69, 9.17) is 5.73 Å². The van der Waals surface area contributed by atoms with Crippen molar-refractivity contribution < 1.29 is 5.11 Å². The van der Waals surface area contributed by atoms with Gasteiger partial charge in [0.25, 0.3) is 0 Å². The van der Waals surface area contributed by atoms with Gasteiger partial charge in [0.05, 0.1) is 5.69 Å². The van der Waals surface area contributed by atoms with Gasteiger partial charge in [-0.25, -0.2) is 0 Å². The Bertz CT molecular complexity index is 779. The van der Waals surface area contributed by atoms with Crippen LogP contribution in [-0.4, -0.2) is 5.11 Å². The van der Waals surface area contributed by atoms with Crippen molar-refractivity contribution in [2.45, 2.75) is 13.5 Å². The molecule has 3 aromatic carbocycles. The number of nitrogens with two attached hydrogens (primary N) is 1. The van der Waals surface area contributed by atoms with E-state index in [1.807, 2.05) is 42.5 Å². The fourth-order valence-corrected chi connectivity index (χ4v) is 2.43. The maximum Gasteiger partial charge on any atom is 0.144 e. The molecule has 0 unspecified atom stereocenters. The zero-order valence-electron chi connectivity index (χ0n) is 11.9. The molecule has 0 aromatic heterocycles. The number of phenols is 1. The number of benzene rings is 3. The third-order valence-corrected chi connectivity index (χ3v) is 3.67. The molecule has 21 heavy (non-hydrogen) atoms. The highest BCUT2D eigenvalue weighted by molar-refractivity contribution is 5.96. The van der Waals surface area contributed by atoms with Crippen molar-refractivity contribution in [2.24, 2.45) is 0 Å². The molecule has 0 aliphatic carbocycles. The highest BCUT2D eigenvalue weighted by atomic mass is 16.3. The first kappa shape index (κ1) is 13.3. The third kappa shape index (κ3) is 2.63. The van der Waals surface area contributed by atoms with Gasteiger partial charge in [-0.1, -0.05) is 42.0 Å². The summed E-state index contributed by atoms with van der Waals surface area (Å²) in [6.45, 7) is 2.59. The van der Waals surface area contributed by atoms with E-state index in [9.17, 15) is 5.11 Å². The van der Waals surface area contributed by atoms with Crippen LogP contribution in [0, 0.1) is 6.92 Å². The number of phenolic OH excluding ortho intramolecular Hbond substituents is 1. The van der Waals surface area contributed by atoms with Crippen LogP contribution < -0.4 is 11.1 Å². The number of aromatic hydroxyl groups is 1. The molecule has 3 rings (SSSR count). The molecule has 3 aromatic rings. The van der Waals surface area contributed by atoms with Crippen LogP contribution in [0.4, 0.5) is 11.4 Å². The fraction of sp³-hybridized carbons (Fsp3) is 0.111. The molecule has 3 nitrogen and oxygen atoms in total. The Morgan fingerprint density at radius 1 is 1.05 bits per heavy atom. The van der Waals surface area contributed by atoms with Crippen molar-refractivity contribution in [3.8, 4) is 5.75 Å². The predicted molar refractivity (Wildman–Crippen MR) is 88.5 cm³/mol. The van der Waals surface area contributed by atoms with Crippen LogP contribution in [-0.2, 0) is 6.54 Å². The van der Waals surface area contributed by atoms with Crippen LogP contribution in [0.2, 0.25) is 0 Å². The molecule has 0 amide bonds. The number of rotatable bonds is 3. The van der Waals surface area contributed by atoms with Gasteiger partial charge in [0.2, 0.25) is 0 Å². The lowest BCUT2D eigenvalue weighted by atomic mass is 10.0. The van der Waals surface area contributed by atoms with E-state index >= 15 is 0 Å². The summed E-state index contributed by atoms with van der Waals surface area (Å²) in [7, 11) is 0. The van der Waals surface area contributed by atoms with Crippen LogP contribution >= 0.6 is 0 Å². The number of fused-ring (bicyclic) bond motifs is 1. The summed E-state index contributed by atoms with van der Waals surface area (Å²) in [6.07, 6.45) is 0. The third-order valence-electron chi connectivity index (χ3n) is 3.67. The highest BCUT2D eigenvalue weighted by Crippen LogP contribution is 2.33. The van der Waals surface area contributed by atoms with E-state index in [0.29, 0.717) is 12.2 Å². The maximum absolute atomic E-state index is 10.3. The molecule has 4 N–H and O–H groups in total. The second-order valence-electron chi connectivity index (χ2n) is 5.24. The van der Waals surface area contributed by atoms with Crippen molar-refractivity contribution in [3.05, 3.63) is 65.7 Å². The Hall–Kier alpha value is -2.68. The molecule has 0 spiro atoms. The minimum atomic E-state index is 0.160. The van der Waals surface area contributed by atoms with Crippen LogP contribution in [0.25, 0.3) is 10.8 Å². The average molecular weight is 278 g/mol. The van der Waals surface area contributed by atoms with Gasteiger partial charge in [0.15, 0.2) is 0 Å². The van der Waals surface area contributed by atoms with E-state index in [0.717, 1.165) is 22.0 Å². The molecule has 0 heterocycles. The van der Waals surface area contributed by atoms with Crippen LogP contribution in [0.1, 0.15) is 11.1 Å². The first-order valence-electron chi connectivity index (χ1n) is 6.95. The van der Waals surface area contributed by atoms with E-state index in [-0.39, 0.29) is 5.75 Å². The van der Waals surface area contributed by atoms with E-state index < -0.39 is 0 Å². The first-order chi connectivity index (χ1) is 10.1. The Morgan fingerprint density at radius 3 is 2.52 bits per heavy atom. The molecular weight excluding hydrogens is 260 g/mol. The monoisotopic (exact) mass is 278 g/mol. The molecule has 0 saturated heterocycles. The summed E-state index contributed by atoms with van der Waals surface area (Å²) >= 11 is 0. The summed E-state index contributed by atoms with van der Waals surface area (Å²) < 4.78 is 0. The molecule has 0 aliphatic heterocycles. The highest BCUT2D eigenvalue weighted by Gasteiger charge is 2.09. The second-order valence-corrected chi connectivity index (χ2v) is 5.24. The van der Waals surface area contributed by atoms with Crippen molar-refractivity contribution >= 4 is 22.1 Å². The normalized spacial score (nSPS) is 10.7. The molecular formula is C18H18N2O. The van der Waals surface area contributed by atoms with Crippen LogP contribution in [0.5, 0.6) is 5.75 Å². The van der Waals surface area contributed by atoms with Gasteiger partial charge in [-0.3, -0.25) is 0 Å². The van der Waals surface area contributed by atoms with Gasteiger partial charge in [-0.2, -0.15) is 0 Å². The molecule has 0 bridgehead atoms. The largest absolute Gasteiger partial charge is 0.505 e. The van der Waals surface area contributed by atoms with E-state index in [2.05, 4.69) is 24.4 Å². The summed E-state index contributed by atoms with van der Waals surface area (Å²) in [6, 6.07) is 17.9. The Morgan fingerprint density at radius 2 is 1.76 bits per heavy atom. The molecule has 0 atom stereocenters. The maximum atomic E-state index is 10.3. The average Bonchev–Trinajstić information content (AvgIpc) is 2.51. The second kappa shape index (κ2) is 5.37. The van der Waals surface area contributed by atoms with Crippen molar-refractivity contribution in [3.63, 3.8) is 0 Å². The lowest BCUT2D eigenvalue weighted by molar-refractivity contribution is 0.472. The Kier molecular flexibility index (Phi) is 3.40. The molecule has 106 valence electrons. The van der Waals surface area contributed by atoms with Crippen molar-refractivity contribution in [1.82, 2.24) is 0 Å². The van der Waals surface area contributed by atoms with E-state index in [1.165, 1.54) is 5.56 Å². The number of hydrogen-bond acceptors (Lipinski definition) is 3. The lowest BCUT2D eigenvalue weighted by Gasteiger charge is -2.12. The van der Waals surface area contributed by atoms with Gasteiger partial charge in [-0.15, -0.1) is 0 Å². The molecule has 0 saturated carbocycles. The summed E-state index contributed by atoms with van der Waals surface area (Å²) in [5.41, 5.74) is 9.51. The van der Waals surface area contributed by atoms with Crippen molar-refractivity contribution in [2.75, 3.05) is 11.1 Å². The number of hydrogen-bond donors (Lipinski definition) is 3. The van der Waals surface area contributed by atoms with Gasteiger partial charge >= 0.3 is 0 Å². The van der Waals surface area contributed by atoms with Gasteiger partial charge in [0.1, 0.15) is 5.75 Å². The summed E-state index contributed by atoms with van der Waals surface area (Å²) in [5.74, 6) is 0.160. The molecule has 0 aliphatic rings. The van der Waals surface area contributed by atoms with Crippen LogP contribution in [0.3, 0.4) is 0 Å². The zero-order valence-corrected chi connectivity index (χ0v) is 11.9. The quantitative estimate of drug-likeness (QED) is 0.500. The summed E-state index contributed by atoms with van der Waals surface area (Å²) in [4.78, 5) is 0. The SMILES string of the molecule is Cc1ccc(NCc2cc3ccccc3c(N)c2O)cc1. The smallest absolute Gasteiger partial charge is 0.144 e. The standard InChI is InChI=1S/C18H18N2O/c1-12-6-8-15(9-7-12)20-11-14-10-13-4-2-3-5-16(13)17(19)18(14)21/h2-10,20-21H,11,19H2,1H3.